The number of nitrogens with two attached hydrogens (primary N) is 2. The molecule has 0 radical (unpaired) electrons. The van der Waals surface area contributed by atoms with Gasteiger partial charge in [-0.1, -0.05) is 0 Å². The van der Waals surface area contributed by atoms with E-state index < -0.39 is 11.6 Å². The summed E-state index contributed by atoms with van der Waals surface area (Å²) < 4.78 is 26.2. The van der Waals surface area contributed by atoms with E-state index in [0.29, 0.717) is 22.4 Å². The molecule has 6 heteroatoms. The van der Waals surface area contributed by atoms with Gasteiger partial charge in [-0.25, -0.2) is 18.7 Å². The van der Waals surface area contributed by atoms with Crippen LogP contribution in [-0.4, -0.2) is 9.97 Å². The molecular formula is C12H8F2N4. The zero-order valence-electron chi connectivity index (χ0n) is 9.11. The van der Waals surface area contributed by atoms with Gasteiger partial charge in [-0.2, -0.15) is 0 Å². The first-order valence-corrected chi connectivity index (χ1v) is 5.16. The summed E-state index contributed by atoms with van der Waals surface area (Å²) >= 11 is 0. The lowest BCUT2D eigenvalue weighted by molar-refractivity contribution is 0.510. The fourth-order valence-electron chi connectivity index (χ4n) is 1.75. The maximum absolute atomic E-state index is 13.1. The fourth-order valence-corrected chi connectivity index (χ4v) is 1.75. The fraction of sp³-hybridized carbons (Fsp3) is 0. The predicted octanol–water partition coefficient (Wildman–Crippen LogP) is 2.23. The Morgan fingerprint density at radius 1 is 0.667 bits per heavy atom. The molecule has 0 bridgehead atoms. The van der Waals surface area contributed by atoms with E-state index in [1.54, 1.807) is 12.1 Å². The minimum absolute atomic E-state index is 0.269. The van der Waals surface area contributed by atoms with Crippen LogP contribution >= 0.6 is 0 Å². The number of rotatable bonds is 0. The highest BCUT2D eigenvalue weighted by Crippen LogP contribution is 2.24. The molecule has 3 rings (SSSR count). The van der Waals surface area contributed by atoms with Gasteiger partial charge in [0.15, 0.2) is 11.6 Å². The van der Waals surface area contributed by atoms with Crippen molar-refractivity contribution in [3.63, 3.8) is 0 Å². The summed E-state index contributed by atoms with van der Waals surface area (Å²) in [4.78, 5) is 8.35. The van der Waals surface area contributed by atoms with E-state index in [9.17, 15) is 8.78 Å². The highest BCUT2D eigenvalue weighted by Gasteiger charge is 2.09. The highest BCUT2D eigenvalue weighted by atomic mass is 19.2. The van der Waals surface area contributed by atoms with E-state index in [2.05, 4.69) is 9.97 Å². The summed E-state index contributed by atoms with van der Waals surface area (Å²) in [6, 6.07) is 5.12. The monoisotopic (exact) mass is 246 g/mol. The largest absolute Gasteiger partial charge is 0.397 e. The minimum atomic E-state index is -0.959. The van der Waals surface area contributed by atoms with Gasteiger partial charge in [-0.3, -0.25) is 0 Å². The number of nitrogen functional groups attached to an aromatic ring is 2. The number of aromatic nitrogens is 2. The molecule has 0 atom stereocenters. The summed E-state index contributed by atoms with van der Waals surface area (Å²) in [6.07, 6.45) is 0. The van der Waals surface area contributed by atoms with Gasteiger partial charge in [0, 0.05) is 12.1 Å². The van der Waals surface area contributed by atoms with Gasteiger partial charge in [-0.05, 0) is 12.1 Å². The molecule has 2 aromatic carbocycles. The van der Waals surface area contributed by atoms with E-state index >= 15 is 0 Å². The third-order valence-corrected chi connectivity index (χ3v) is 2.68. The predicted molar refractivity (Wildman–Crippen MR) is 65.8 cm³/mol. The van der Waals surface area contributed by atoms with Crippen LogP contribution in [-0.2, 0) is 0 Å². The number of fused-ring (bicyclic) bond motifs is 2. The molecular weight excluding hydrogens is 238 g/mol. The number of benzene rings is 2. The Hall–Kier alpha value is -2.50. The third-order valence-electron chi connectivity index (χ3n) is 2.68. The van der Waals surface area contributed by atoms with Crippen LogP contribution in [0.3, 0.4) is 0 Å². The Bertz CT molecular complexity index is 657. The minimum Gasteiger partial charge on any atom is -0.397 e. The maximum atomic E-state index is 13.1. The molecule has 1 aromatic heterocycles. The Morgan fingerprint density at radius 2 is 1.00 bits per heavy atom. The molecule has 18 heavy (non-hydrogen) atoms. The number of halogens is 2. The summed E-state index contributed by atoms with van der Waals surface area (Å²) in [7, 11) is 0. The van der Waals surface area contributed by atoms with Crippen LogP contribution in [0.2, 0.25) is 0 Å². The smallest absolute Gasteiger partial charge is 0.161 e. The van der Waals surface area contributed by atoms with Crippen LogP contribution in [0.25, 0.3) is 22.1 Å². The number of nitrogens with zero attached hydrogens (tertiary/aromatic N) is 2. The van der Waals surface area contributed by atoms with Crippen LogP contribution < -0.4 is 11.5 Å². The molecule has 0 saturated carbocycles. The van der Waals surface area contributed by atoms with Gasteiger partial charge in [0.25, 0.3) is 0 Å². The molecule has 1 heterocycles. The lowest BCUT2D eigenvalue weighted by Crippen LogP contribution is -1.97. The Balaban J connectivity index is 2.43. The third kappa shape index (κ3) is 1.50. The van der Waals surface area contributed by atoms with E-state index in [0.717, 1.165) is 12.1 Å². The van der Waals surface area contributed by atoms with Crippen molar-refractivity contribution in [2.24, 2.45) is 0 Å². The van der Waals surface area contributed by atoms with E-state index in [1.165, 1.54) is 0 Å². The Labute approximate surface area is 100 Å². The molecule has 0 aliphatic rings. The van der Waals surface area contributed by atoms with Gasteiger partial charge in [0.05, 0.1) is 33.4 Å². The summed E-state index contributed by atoms with van der Waals surface area (Å²) in [5.74, 6) is -1.92. The zero-order valence-corrected chi connectivity index (χ0v) is 9.11. The van der Waals surface area contributed by atoms with E-state index in [1.807, 2.05) is 0 Å². The molecule has 4 nitrogen and oxygen atoms in total. The molecule has 0 unspecified atom stereocenters. The molecule has 4 N–H and O–H groups in total. The van der Waals surface area contributed by atoms with Crippen molar-refractivity contribution in [1.29, 1.82) is 0 Å². The molecule has 0 fully saturated rings. The molecule has 0 saturated heterocycles. The van der Waals surface area contributed by atoms with E-state index in [4.69, 9.17) is 11.5 Å². The second-order valence-electron chi connectivity index (χ2n) is 3.95. The average Bonchev–Trinajstić information content (AvgIpc) is 2.31. The lowest BCUT2D eigenvalue weighted by atomic mass is 10.2. The molecule has 90 valence electrons. The van der Waals surface area contributed by atoms with Crippen molar-refractivity contribution in [2.75, 3.05) is 11.5 Å². The van der Waals surface area contributed by atoms with Gasteiger partial charge in [0.1, 0.15) is 0 Å². The van der Waals surface area contributed by atoms with Gasteiger partial charge < -0.3 is 11.5 Å². The van der Waals surface area contributed by atoms with Crippen LogP contribution in [0.5, 0.6) is 0 Å². The van der Waals surface area contributed by atoms with Crippen molar-refractivity contribution < 1.29 is 8.78 Å². The van der Waals surface area contributed by atoms with E-state index in [-0.39, 0.29) is 11.0 Å². The first-order chi connectivity index (χ1) is 8.54. The van der Waals surface area contributed by atoms with Gasteiger partial charge in [-0.15, -0.1) is 0 Å². The van der Waals surface area contributed by atoms with Crippen molar-refractivity contribution in [3.05, 3.63) is 35.9 Å². The molecule has 0 aliphatic heterocycles. The molecule has 3 aromatic rings. The highest BCUT2D eigenvalue weighted by molar-refractivity contribution is 5.91. The maximum Gasteiger partial charge on any atom is 0.161 e. The molecule has 0 amide bonds. The van der Waals surface area contributed by atoms with Crippen LogP contribution in [0.15, 0.2) is 24.3 Å². The number of hydrogen-bond donors (Lipinski definition) is 2. The molecule has 0 aliphatic carbocycles. The van der Waals surface area contributed by atoms with Gasteiger partial charge >= 0.3 is 0 Å². The summed E-state index contributed by atoms with van der Waals surface area (Å²) in [6.45, 7) is 0. The SMILES string of the molecule is Nc1cc2nc3cc(F)c(F)cc3nc2cc1N. The van der Waals surface area contributed by atoms with Crippen LogP contribution in [0.4, 0.5) is 20.2 Å². The number of anilines is 2. The summed E-state index contributed by atoms with van der Waals surface area (Å²) in [5.41, 5.74) is 13.6. The second-order valence-corrected chi connectivity index (χ2v) is 3.95. The van der Waals surface area contributed by atoms with Crippen molar-refractivity contribution in [2.45, 2.75) is 0 Å². The Kier molecular flexibility index (Phi) is 2.07. The van der Waals surface area contributed by atoms with Gasteiger partial charge in [0.2, 0.25) is 0 Å². The first-order valence-electron chi connectivity index (χ1n) is 5.16. The van der Waals surface area contributed by atoms with Crippen molar-refractivity contribution >= 4 is 33.4 Å². The standard InChI is InChI=1S/C12H8F2N4/c13-5-1-9-10(2-6(5)14)18-12-4-8(16)7(15)3-11(12)17-9/h1-4H,15-16H2. The van der Waals surface area contributed by atoms with Crippen molar-refractivity contribution in [3.8, 4) is 0 Å². The Morgan fingerprint density at radius 3 is 1.39 bits per heavy atom. The molecule has 0 spiro atoms. The summed E-state index contributed by atoms with van der Waals surface area (Å²) in [5, 5.41) is 0. The van der Waals surface area contributed by atoms with Crippen molar-refractivity contribution in [1.82, 2.24) is 9.97 Å². The second kappa shape index (κ2) is 3.49. The first kappa shape index (κ1) is 10.6. The van der Waals surface area contributed by atoms with Crippen LogP contribution in [0.1, 0.15) is 0 Å². The number of hydrogen-bond acceptors (Lipinski definition) is 4. The average molecular weight is 246 g/mol. The lowest BCUT2D eigenvalue weighted by Gasteiger charge is -2.05. The van der Waals surface area contributed by atoms with Crippen LogP contribution in [0, 0.1) is 11.6 Å². The normalized spacial score (nSPS) is 11.2. The topological polar surface area (TPSA) is 77.8 Å². The quantitative estimate of drug-likeness (QED) is 0.471. The zero-order chi connectivity index (χ0) is 12.9.